The number of amides is 12. The Bertz CT molecular complexity index is 5910. The zero-order chi connectivity index (χ0) is 99.6. The van der Waals surface area contributed by atoms with Gasteiger partial charge in [0, 0.05) is 120 Å². The topological polar surface area (TPSA) is 311 Å². The summed E-state index contributed by atoms with van der Waals surface area (Å²) < 4.78 is 155. The fraction of sp³-hybridized carbons (Fsp3) is 0.375. The smallest absolute Gasteiger partial charge is 0.369 e. The van der Waals surface area contributed by atoms with Gasteiger partial charge >= 0.3 is 48.8 Å². The van der Waals surface area contributed by atoms with Crippen molar-refractivity contribution in [3.63, 3.8) is 0 Å². The Kier molecular flexibility index (Phi) is 36.2. The minimum Gasteiger partial charge on any atom is -0.369 e. The lowest BCUT2D eigenvalue weighted by Crippen LogP contribution is -2.38. The average molecular weight is 1980 g/mol. The van der Waals surface area contributed by atoms with Gasteiger partial charge < -0.3 is 62.6 Å². The zero-order valence-corrected chi connectivity index (χ0v) is 78.6. The second kappa shape index (κ2) is 46.5. The first-order valence-electron chi connectivity index (χ1n) is 43.5. The molecule has 4 aromatic carbocycles. The van der Waals surface area contributed by atoms with E-state index < -0.39 is 82.9 Å². The molecular formula is C96H102Cl4F12N16O8. The molecule has 0 saturated heterocycles. The van der Waals surface area contributed by atoms with Crippen LogP contribution in [0.3, 0.4) is 0 Å². The van der Waals surface area contributed by atoms with Crippen LogP contribution in [0.25, 0.3) is 22.3 Å². The van der Waals surface area contributed by atoms with Gasteiger partial charge in [0.1, 0.15) is 0 Å². The number of carbonyl (C=O) groups excluding carboxylic acids is 8. The molecule has 4 aromatic heterocycles. The number of hydrogen-bond donors (Lipinski definition) is 8. The number of urea groups is 4. The number of benzene rings is 4. The zero-order valence-electron chi connectivity index (χ0n) is 75.6. The van der Waals surface area contributed by atoms with Gasteiger partial charge in [0.25, 0.3) is 0 Å². The van der Waals surface area contributed by atoms with Gasteiger partial charge in [-0.25, -0.2) is 19.2 Å². The van der Waals surface area contributed by atoms with Crippen molar-refractivity contribution in [3.8, 4) is 0 Å². The van der Waals surface area contributed by atoms with Crippen molar-refractivity contribution < 1.29 is 91.0 Å². The number of aromatic nitrogens is 4. The number of halogens is 16. The molecule has 1 saturated carbocycles. The lowest BCUT2D eigenvalue weighted by Gasteiger charge is -2.27. The van der Waals surface area contributed by atoms with Crippen LogP contribution >= 0.6 is 46.4 Å². The SMILES string of the molecule is CCNC(=O)C(C)c1cnc(C2=CCN(C(=O)Nc3ccc(C(F)(F)F)c(C)c3)CC2)c(Cl)c1.CNC(=O)C(C)c1cnc(C2=CCN(C(=O)Nc3ccc(C(F)(F)F)c(C)c3)CC2)c(Cl)c1.Cc1cc(NC(=O)N2CC=C(c3ncc(C(C)C(N)=O)cc3Cl)CC2)ccc1C(F)(F)F.Cc1cc(NC(=O)N2CC=C(c3ncc(CC(=O)NC4CCCCC4)cc3Cl)CC2)ccc1C(F)(F)F. The Hall–Kier alpha value is -12.3. The summed E-state index contributed by atoms with van der Waals surface area (Å²) in [6, 6.07) is 19.5. The van der Waals surface area contributed by atoms with Crippen molar-refractivity contribution >= 4 is 139 Å². The van der Waals surface area contributed by atoms with Crippen LogP contribution in [-0.4, -0.2) is 159 Å². The first-order chi connectivity index (χ1) is 64.1. The number of alkyl halides is 12. The summed E-state index contributed by atoms with van der Waals surface area (Å²) in [4.78, 5) is 122. The van der Waals surface area contributed by atoms with E-state index in [-0.39, 0.29) is 70.8 Å². The molecule has 24 nitrogen and oxygen atoms in total. The third kappa shape index (κ3) is 28.7. The highest BCUT2D eigenvalue weighted by molar-refractivity contribution is 6.33. The molecule has 0 spiro atoms. The molecule has 3 unspecified atom stereocenters. The van der Waals surface area contributed by atoms with Crippen LogP contribution in [0.15, 0.2) is 146 Å². The quantitative estimate of drug-likeness (QED) is 0.0372. The molecule has 3 atom stereocenters. The minimum absolute atomic E-state index is 0.0284. The number of primary amides is 1. The Morgan fingerprint density at radius 2 is 0.699 bits per heavy atom. The molecule has 8 aromatic rings. The lowest BCUT2D eigenvalue weighted by molar-refractivity contribution is -0.138. The Balaban J connectivity index is 0.000000188. The fourth-order valence-electron chi connectivity index (χ4n) is 15.6. The van der Waals surface area contributed by atoms with E-state index in [1.165, 1.54) is 87.5 Å². The van der Waals surface area contributed by atoms with Gasteiger partial charge in [0.05, 0.1) is 89.3 Å². The molecule has 0 bridgehead atoms. The van der Waals surface area contributed by atoms with Crippen molar-refractivity contribution in [2.75, 3.05) is 87.2 Å². The Morgan fingerprint density at radius 1 is 0.412 bits per heavy atom. The predicted molar refractivity (Wildman–Crippen MR) is 500 cm³/mol. The Labute approximate surface area is 798 Å². The molecule has 1 fully saturated rings. The summed E-state index contributed by atoms with van der Waals surface area (Å²) >= 11 is 25.7. The number of likely N-dealkylation sites (N-methyl/N-ethyl adjacent to an activating group) is 2. The number of nitrogens with one attached hydrogen (secondary N) is 7. The summed E-state index contributed by atoms with van der Waals surface area (Å²) in [5.74, 6) is -2.02. The van der Waals surface area contributed by atoms with Gasteiger partial charge in [-0.1, -0.05) is 90.0 Å². The van der Waals surface area contributed by atoms with Gasteiger partial charge in [-0.15, -0.1) is 0 Å². The standard InChI is InChI=1S/C27H30ClF3N4O2.C24H26ClF3N4O2.C23H24ClF3N4O2.C22H22ClF3N4O2/c1-17-13-21(7-8-22(17)27(29,30)31)34-26(37)35-11-9-19(10-12-35)25-23(28)14-18(16-32-25)15-24(36)33-20-5-3-2-4-6-20;1-4-29-22(33)15(3)17-12-20(25)21(30-13-17)16-7-9-32(10-8-16)23(34)31-18-5-6-19(14(2)11-18)24(26,27)28;1-13-10-17(4-5-18(13)23(25,26)27)30-22(33)31-8-6-15(7-9-31)20-19(24)11-16(12-29-20)14(2)21(32)28-3;1-12-9-16(3-4-17(12)22(24,25)26)29-21(32)30-7-5-14(6-8-30)19-18(23)10-15(11-28-19)13(2)20(27)31/h7-9,13-14,16,20H,2-6,10-12,15H2,1H3,(H,33,36)(H,34,37);5-7,11-13,15H,4,8-10H2,1-3H3,(H,29,33)(H,31,34);4-6,10-12,14H,7-9H2,1-3H3,(H,28,32)(H,30,33);3-5,9-11,13H,6-8H2,1-2H3,(H2,27,31)(H,29,32). The number of rotatable bonds is 18. The van der Waals surface area contributed by atoms with Gasteiger partial charge in [0.2, 0.25) is 23.6 Å². The van der Waals surface area contributed by atoms with E-state index in [2.05, 4.69) is 57.2 Å². The summed E-state index contributed by atoms with van der Waals surface area (Å²) in [5, 5.41) is 20.7. The number of anilines is 4. The molecule has 13 rings (SSSR count). The number of nitrogens with zero attached hydrogens (tertiary/aromatic N) is 8. The van der Waals surface area contributed by atoms with E-state index in [4.69, 9.17) is 52.1 Å². The predicted octanol–water partition coefficient (Wildman–Crippen LogP) is 22.2. The maximum absolute atomic E-state index is 13.0. The average Bonchev–Trinajstić information content (AvgIpc) is 0.814. The van der Waals surface area contributed by atoms with Crippen molar-refractivity contribution in [3.05, 3.63) is 256 Å². The number of aryl methyl sites for hydroxylation is 4. The van der Waals surface area contributed by atoms with E-state index in [1.807, 2.05) is 31.2 Å². The number of hydrogen-bond acceptors (Lipinski definition) is 12. The van der Waals surface area contributed by atoms with Gasteiger partial charge in [0.15, 0.2) is 0 Å². The molecule has 8 heterocycles. The van der Waals surface area contributed by atoms with E-state index in [0.29, 0.717) is 160 Å². The van der Waals surface area contributed by atoms with Gasteiger partial charge in [-0.05, 0) is 258 Å². The Morgan fingerprint density at radius 3 is 0.949 bits per heavy atom. The van der Waals surface area contributed by atoms with Crippen LogP contribution in [0.1, 0.15) is 193 Å². The number of nitrogens with two attached hydrogens (primary N) is 1. The van der Waals surface area contributed by atoms with Crippen LogP contribution in [0.4, 0.5) is 94.6 Å². The molecule has 136 heavy (non-hydrogen) atoms. The fourth-order valence-corrected chi connectivity index (χ4v) is 16.8. The van der Waals surface area contributed by atoms with E-state index in [0.717, 1.165) is 77.8 Å². The molecule has 40 heteroatoms. The first-order valence-corrected chi connectivity index (χ1v) is 45.0. The molecule has 726 valence electrons. The van der Waals surface area contributed by atoms with Gasteiger partial charge in [-0.3, -0.25) is 39.1 Å². The van der Waals surface area contributed by atoms with Crippen LogP contribution < -0.4 is 43.0 Å². The highest BCUT2D eigenvalue weighted by Crippen LogP contribution is 2.41. The molecular weight excluding hydrogens is 1870 g/mol. The molecule has 5 aliphatic rings. The van der Waals surface area contributed by atoms with Crippen LogP contribution in [-0.2, 0) is 50.3 Å². The third-order valence-electron chi connectivity index (χ3n) is 23.5. The van der Waals surface area contributed by atoms with Crippen LogP contribution in [0, 0.1) is 27.7 Å². The maximum atomic E-state index is 13.0. The van der Waals surface area contributed by atoms with Crippen LogP contribution in [0.5, 0.6) is 0 Å². The van der Waals surface area contributed by atoms with Gasteiger partial charge in [-0.2, -0.15) is 52.7 Å². The van der Waals surface area contributed by atoms with E-state index in [1.54, 1.807) is 91.6 Å². The van der Waals surface area contributed by atoms with Crippen LogP contribution in [0.2, 0.25) is 20.1 Å². The summed E-state index contributed by atoms with van der Waals surface area (Å²) in [6.45, 7) is 15.8. The molecule has 0 radical (unpaired) electrons. The van der Waals surface area contributed by atoms with Crippen molar-refractivity contribution in [1.82, 2.24) is 55.5 Å². The first kappa shape index (κ1) is 106. The van der Waals surface area contributed by atoms with Crippen molar-refractivity contribution in [2.45, 2.75) is 168 Å². The molecule has 9 N–H and O–H groups in total. The summed E-state index contributed by atoms with van der Waals surface area (Å²) in [6.07, 6.45) is 3.95. The number of carbonyl (C=O) groups is 8. The van der Waals surface area contributed by atoms with E-state index in [9.17, 15) is 91.0 Å². The molecule has 12 amide bonds. The maximum Gasteiger partial charge on any atom is 0.416 e. The second-order valence-corrected chi connectivity index (χ2v) is 34.8. The molecule has 4 aliphatic heterocycles. The number of pyridine rings is 4. The lowest BCUT2D eigenvalue weighted by atomic mass is 9.95. The highest BCUT2D eigenvalue weighted by atomic mass is 35.5. The summed E-state index contributed by atoms with van der Waals surface area (Å²) in [7, 11) is 1.57. The van der Waals surface area contributed by atoms with Crippen molar-refractivity contribution in [2.24, 2.45) is 5.73 Å². The molecule has 1 aliphatic carbocycles. The largest absolute Gasteiger partial charge is 0.416 e. The second-order valence-electron chi connectivity index (χ2n) is 33.2. The monoisotopic (exact) mass is 1970 g/mol. The van der Waals surface area contributed by atoms with Crippen molar-refractivity contribution in [1.29, 1.82) is 0 Å². The van der Waals surface area contributed by atoms with E-state index >= 15 is 0 Å². The minimum atomic E-state index is -4.44. The third-order valence-corrected chi connectivity index (χ3v) is 24.6. The highest BCUT2D eigenvalue weighted by Gasteiger charge is 2.37. The summed E-state index contributed by atoms with van der Waals surface area (Å²) in [5.41, 5.74) is 12.4. The normalized spacial score (nSPS) is 15.5.